The zero-order valence-corrected chi connectivity index (χ0v) is 32.4. The molecular weight excluding hydrogens is 641 g/mol. The van der Waals surface area contributed by atoms with Crippen LogP contribution in [0.25, 0.3) is 0 Å². The number of hydrogen-bond acceptors (Lipinski definition) is 4. The van der Waals surface area contributed by atoms with E-state index < -0.39 is 0 Å². The second-order valence-electron chi connectivity index (χ2n) is 14.4. The Labute approximate surface area is 315 Å². The van der Waals surface area contributed by atoms with E-state index in [1.54, 1.807) is 0 Å². The Kier molecular flexibility index (Phi) is 19.7. The minimum absolute atomic E-state index is 0.00143. The quantitative estimate of drug-likeness (QED) is 0.0627. The van der Waals surface area contributed by atoms with E-state index >= 15 is 0 Å². The van der Waals surface area contributed by atoms with Crippen LogP contribution in [0.2, 0.25) is 0 Å². The van der Waals surface area contributed by atoms with Crippen LogP contribution in [0.15, 0.2) is 103 Å². The van der Waals surface area contributed by atoms with Gasteiger partial charge in [-0.1, -0.05) is 195 Å². The smallest absolute Gasteiger partial charge is 0.121 e. The molecule has 3 atom stereocenters. The Bertz CT molecular complexity index is 1470. The second-order valence-corrected chi connectivity index (χ2v) is 14.4. The van der Waals surface area contributed by atoms with Crippen molar-refractivity contribution in [3.05, 3.63) is 137 Å². The first-order valence-electron chi connectivity index (χ1n) is 20.5. The maximum Gasteiger partial charge on any atom is 0.121 e. The van der Waals surface area contributed by atoms with Gasteiger partial charge in [0, 0.05) is 5.56 Å². The molecule has 0 aliphatic heterocycles. The molecule has 282 valence electrons. The van der Waals surface area contributed by atoms with E-state index in [0.717, 1.165) is 55.2 Å². The number of benzene rings is 4. The second kappa shape index (κ2) is 24.7. The molecule has 0 saturated carbocycles. The topological polar surface area (TPSA) is 47.9 Å². The first-order valence-corrected chi connectivity index (χ1v) is 20.5. The third-order valence-electron chi connectivity index (χ3n) is 10.3. The number of phenolic OH excluding ortho intramolecular Hbond substituents is 1. The molecule has 4 nitrogen and oxygen atoms in total. The van der Waals surface area contributed by atoms with Crippen LogP contribution in [-0.2, 0) is 34.0 Å². The van der Waals surface area contributed by atoms with Crippen LogP contribution in [0.4, 0.5) is 0 Å². The summed E-state index contributed by atoms with van der Waals surface area (Å²) in [7, 11) is 0. The lowest BCUT2D eigenvalue weighted by Gasteiger charge is -2.25. The number of hydrogen-bond donors (Lipinski definition) is 1. The molecule has 0 aliphatic rings. The molecule has 0 fully saturated rings. The first-order chi connectivity index (χ1) is 25.6. The average Bonchev–Trinajstić information content (AvgIpc) is 3.19. The summed E-state index contributed by atoms with van der Waals surface area (Å²) in [6.07, 6.45) is 17.1. The molecule has 1 N–H and O–H groups in total. The SMILES string of the molecule is CCCCCCC(OCc1ccc(O)c(COC(CCCCCC)c2ccccc2)c1COC(CCCCCC)c1ccccc1)c1ccccc1. The predicted octanol–water partition coefficient (Wildman–Crippen LogP) is 14.1. The summed E-state index contributed by atoms with van der Waals surface area (Å²) in [5.41, 5.74) is 6.41. The fourth-order valence-electron chi connectivity index (χ4n) is 7.07. The fourth-order valence-corrected chi connectivity index (χ4v) is 7.07. The molecule has 4 aromatic rings. The maximum atomic E-state index is 11.5. The van der Waals surface area contributed by atoms with Gasteiger partial charge in [-0.25, -0.2) is 0 Å². The van der Waals surface area contributed by atoms with Gasteiger partial charge in [-0.05, 0) is 53.1 Å². The Hall–Kier alpha value is -3.44. The van der Waals surface area contributed by atoms with Crippen LogP contribution in [-0.4, -0.2) is 5.11 Å². The van der Waals surface area contributed by atoms with Crippen molar-refractivity contribution < 1.29 is 19.3 Å². The van der Waals surface area contributed by atoms with E-state index in [4.69, 9.17) is 14.2 Å². The van der Waals surface area contributed by atoms with Crippen molar-refractivity contribution in [3.8, 4) is 5.75 Å². The van der Waals surface area contributed by atoms with Crippen molar-refractivity contribution in [1.82, 2.24) is 0 Å². The fraction of sp³-hybridized carbons (Fsp3) is 0.500. The van der Waals surface area contributed by atoms with Crippen LogP contribution in [0.5, 0.6) is 5.75 Å². The van der Waals surface area contributed by atoms with Gasteiger partial charge in [0.1, 0.15) is 5.75 Å². The van der Waals surface area contributed by atoms with Gasteiger partial charge in [0.05, 0.1) is 38.1 Å². The summed E-state index contributed by atoms with van der Waals surface area (Å²) in [5.74, 6) is 0.249. The van der Waals surface area contributed by atoms with Gasteiger partial charge >= 0.3 is 0 Å². The van der Waals surface area contributed by atoms with Crippen molar-refractivity contribution in [1.29, 1.82) is 0 Å². The summed E-state index contributed by atoms with van der Waals surface area (Å²) in [5, 5.41) is 11.5. The Morgan fingerprint density at radius 1 is 0.404 bits per heavy atom. The van der Waals surface area contributed by atoms with Gasteiger partial charge in [0.25, 0.3) is 0 Å². The monoisotopic (exact) mass is 706 g/mol. The highest BCUT2D eigenvalue weighted by Gasteiger charge is 2.21. The Morgan fingerprint density at radius 2 is 0.769 bits per heavy atom. The number of aromatic hydroxyl groups is 1. The minimum Gasteiger partial charge on any atom is -0.508 e. The van der Waals surface area contributed by atoms with Crippen LogP contribution in [0, 0.1) is 0 Å². The first kappa shape index (κ1) is 41.3. The van der Waals surface area contributed by atoms with Crippen LogP contribution in [0.3, 0.4) is 0 Å². The molecule has 0 spiro atoms. The zero-order chi connectivity index (χ0) is 36.6. The summed E-state index contributed by atoms with van der Waals surface area (Å²) in [4.78, 5) is 0. The molecule has 4 aromatic carbocycles. The lowest BCUT2D eigenvalue weighted by Crippen LogP contribution is -2.12. The third-order valence-corrected chi connectivity index (χ3v) is 10.3. The molecule has 4 heteroatoms. The lowest BCUT2D eigenvalue weighted by molar-refractivity contribution is 0.0151. The standard InChI is InChI=1S/C48H66O4/c1-4-7-10-22-31-46(39-25-16-13-17-26-39)50-36-42-34-35-45(49)44(38-52-48(33-24-12-9-6-3)41-29-20-15-21-30-41)43(42)37-51-47(32-23-11-8-5-2)40-27-18-14-19-28-40/h13-21,25-30,34-35,46-49H,4-12,22-24,31-33,36-38H2,1-3H3. The highest BCUT2D eigenvalue weighted by Crippen LogP contribution is 2.35. The highest BCUT2D eigenvalue weighted by atomic mass is 16.5. The summed E-state index contributed by atoms with van der Waals surface area (Å²) in [6, 6.07) is 35.6. The van der Waals surface area contributed by atoms with Crippen LogP contribution < -0.4 is 0 Å². The highest BCUT2D eigenvalue weighted by molar-refractivity contribution is 5.44. The molecule has 0 bridgehead atoms. The van der Waals surface area contributed by atoms with Crippen molar-refractivity contribution in [2.45, 2.75) is 155 Å². The average molecular weight is 707 g/mol. The largest absolute Gasteiger partial charge is 0.508 e. The van der Waals surface area contributed by atoms with E-state index in [9.17, 15) is 5.11 Å². The van der Waals surface area contributed by atoms with Gasteiger partial charge in [-0.3, -0.25) is 0 Å². The van der Waals surface area contributed by atoms with Crippen LogP contribution in [0.1, 0.15) is 169 Å². The molecule has 0 aliphatic carbocycles. The van der Waals surface area contributed by atoms with E-state index in [2.05, 4.69) is 112 Å². The Balaban J connectivity index is 1.62. The summed E-state index contributed by atoms with van der Waals surface area (Å²) >= 11 is 0. The van der Waals surface area contributed by atoms with Crippen molar-refractivity contribution in [2.75, 3.05) is 0 Å². The molecular formula is C48H66O4. The molecule has 0 amide bonds. The van der Waals surface area contributed by atoms with Gasteiger partial charge in [-0.2, -0.15) is 0 Å². The van der Waals surface area contributed by atoms with E-state index in [1.165, 1.54) is 74.5 Å². The Morgan fingerprint density at radius 3 is 1.15 bits per heavy atom. The van der Waals surface area contributed by atoms with Crippen LogP contribution >= 0.6 is 0 Å². The van der Waals surface area contributed by atoms with E-state index in [1.807, 2.05) is 12.1 Å². The van der Waals surface area contributed by atoms with Gasteiger partial charge in [0.2, 0.25) is 0 Å². The zero-order valence-electron chi connectivity index (χ0n) is 32.4. The molecule has 0 aromatic heterocycles. The molecule has 0 radical (unpaired) electrons. The maximum absolute atomic E-state index is 11.5. The predicted molar refractivity (Wildman–Crippen MR) is 216 cm³/mol. The number of ether oxygens (including phenoxy) is 3. The molecule has 0 saturated heterocycles. The van der Waals surface area contributed by atoms with Crippen molar-refractivity contribution in [3.63, 3.8) is 0 Å². The summed E-state index contributed by atoms with van der Waals surface area (Å²) < 4.78 is 20.5. The third kappa shape index (κ3) is 14.2. The summed E-state index contributed by atoms with van der Waals surface area (Å²) in [6.45, 7) is 7.86. The van der Waals surface area contributed by atoms with Gasteiger partial charge in [-0.15, -0.1) is 0 Å². The van der Waals surface area contributed by atoms with Gasteiger partial charge < -0.3 is 19.3 Å². The minimum atomic E-state index is -0.0488. The molecule has 52 heavy (non-hydrogen) atoms. The normalized spacial score (nSPS) is 13.2. The number of rotatable bonds is 27. The van der Waals surface area contributed by atoms with Gasteiger partial charge in [0.15, 0.2) is 0 Å². The van der Waals surface area contributed by atoms with Crippen molar-refractivity contribution >= 4 is 0 Å². The molecule has 4 rings (SSSR count). The lowest BCUT2D eigenvalue weighted by atomic mass is 9.99. The number of unbranched alkanes of at least 4 members (excludes halogenated alkanes) is 9. The van der Waals surface area contributed by atoms with E-state index in [0.29, 0.717) is 19.8 Å². The number of phenols is 1. The van der Waals surface area contributed by atoms with Crippen molar-refractivity contribution in [2.24, 2.45) is 0 Å². The molecule has 3 unspecified atom stereocenters. The van der Waals surface area contributed by atoms with E-state index in [-0.39, 0.29) is 24.1 Å². The molecule has 0 heterocycles.